The lowest BCUT2D eigenvalue weighted by Crippen LogP contribution is -2.42. The topological polar surface area (TPSA) is 69.2 Å². The van der Waals surface area contributed by atoms with E-state index in [1.54, 1.807) is 0 Å². The van der Waals surface area contributed by atoms with Gasteiger partial charge in [0, 0.05) is 5.56 Å². The number of hydrogen-bond acceptors (Lipinski definition) is 3. The van der Waals surface area contributed by atoms with Gasteiger partial charge in [0.05, 0.1) is 24.9 Å². The van der Waals surface area contributed by atoms with Crippen molar-refractivity contribution in [3.8, 4) is 0 Å². The van der Waals surface area contributed by atoms with Crippen molar-refractivity contribution in [2.45, 2.75) is 6.54 Å². The Balaban J connectivity index is 0.000000444. The molecule has 5 heteroatoms. The van der Waals surface area contributed by atoms with Gasteiger partial charge in [-0.2, -0.15) is 0 Å². The molecule has 0 fully saturated rings. The smallest absolute Gasteiger partial charge is 0.132 e. The van der Waals surface area contributed by atoms with Crippen LogP contribution in [0.2, 0.25) is 0 Å². The molecule has 2 aromatic rings. The molecule has 0 spiro atoms. The van der Waals surface area contributed by atoms with Gasteiger partial charge in [-0.3, -0.25) is 4.48 Å². The van der Waals surface area contributed by atoms with E-state index in [0.29, 0.717) is 0 Å². The summed E-state index contributed by atoms with van der Waals surface area (Å²) in [5.74, 6) is 0. The molecule has 0 unspecified atom stereocenters. The van der Waals surface area contributed by atoms with Gasteiger partial charge in [-0.15, -0.1) is 0 Å². The molecule has 0 radical (unpaired) electrons. The van der Waals surface area contributed by atoms with Crippen molar-refractivity contribution in [3.63, 3.8) is 0 Å². The van der Waals surface area contributed by atoms with Crippen LogP contribution in [0, 0.1) is 10.8 Å². The minimum Gasteiger partial charge on any atom is -0.357 e. The third-order valence-corrected chi connectivity index (χ3v) is 2.88. The van der Waals surface area contributed by atoms with Crippen LogP contribution in [0.3, 0.4) is 0 Å². The maximum absolute atomic E-state index is 8.41. The van der Waals surface area contributed by atoms with Gasteiger partial charge in [0.2, 0.25) is 0 Å². The number of nitrogens with zero attached hydrogens (tertiary/aromatic N) is 1. The maximum Gasteiger partial charge on any atom is 0.132 e. The van der Waals surface area contributed by atoms with E-state index in [4.69, 9.17) is 14.0 Å². The normalized spacial score (nSPS) is 10.9. The van der Waals surface area contributed by atoms with Gasteiger partial charge in [0.25, 0.3) is 0 Å². The number of halogens is 1. The monoisotopic (exact) mass is 295 g/mol. The summed E-state index contributed by atoms with van der Waals surface area (Å²) >= 11 is 0. The van der Waals surface area contributed by atoms with Gasteiger partial charge in [-0.05, 0) is 12.1 Å². The summed E-state index contributed by atoms with van der Waals surface area (Å²) in [6.45, 7) is 1.02. The fourth-order valence-electron chi connectivity index (χ4n) is 1.96. The molecule has 0 amide bonds. The van der Waals surface area contributed by atoms with Crippen LogP contribution >= 0.6 is 0 Å². The first kappa shape index (κ1) is 16.6. The Morgan fingerprint density at radius 2 is 1.20 bits per heavy atom. The van der Waals surface area contributed by atoms with Crippen LogP contribution < -0.4 is 18.5 Å². The van der Waals surface area contributed by atoms with Crippen LogP contribution in [0.5, 0.6) is 0 Å². The van der Waals surface area contributed by atoms with Crippen LogP contribution in [-0.4, -0.2) is 14.1 Å². The van der Waals surface area contributed by atoms with Gasteiger partial charge < -0.3 is 14.0 Å². The summed E-state index contributed by atoms with van der Waals surface area (Å²) in [5, 5.41) is 0. The van der Waals surface area contributed by atoms with Crippen molar-refractivity contribution < 1.29 is 24.8 Å². The fraction of sp³-hybridized carbons (Fsp3) is 0.200. The Morgan fingerprint density at radius 1 is 0.800 bits per heavy atom. The molecule has 2 rings (SSSR count). The van der Waals surface area contributed by atoms with Crippen molar-refractivity contribution in [3.05, 3.63) is 66.2 Å². The second-order valence-electron chi connectivity index (χ2n) is 4.85. The van der Waals surface area contributed by atoms with Crippen molar-refractivity contribution in [1.82, 2.24) is 4.48 Å². The minimum atomic E-state index is -2.85. The van der Waals surface area contributed by atoms with Gasteiger partial charge in [-0.25, -0.2) is 0 Å². The standard InChI is InChI=1S/C15H18N.ClO3/c1-16(2,15-11-7-4-8-12-15)13-14-9-5-3-6-10-14;2-1(3)4/h3-12H,13H2,1-2H3;/q+1;-1. The van der Waals surface area contributed by atoms with Gasteiger partial charge in [0.15, 0.2) is 0 Å². The predicted octanol–water partition coefficient (Wildman–Crippen LogP) is -0.113. The van der Waals surface area contributed by atoms with E-state index in [-0.39, 0.29) is 0 Å². The first-order chi connectivity index (χ1) is 9.42. The molecule has 108 valence electrons. The molecule has 0 saturated carbocycles. The zero-order valence-electron chi connectivity index (χ0n) is 11.5. The summed E-state index contributed by atoms with van der Waals surface area (Å²) in [7, 11) is 1.62. The molecule has 0 saturated heterocycles. The summed E-state index contributed by atoms with van der Waals surface area (Å²) in [6, 6.07) is 21.2. The van der Waals surface area contributed by atoms with Gasteiger partial charge in [0.1, 0.15) is 12.2 Å². The van der Waals surface area contributed by atoms with E-state index < -0.39 is 10.8 Å². The van der Waals surface area contributed by atoms with E-state index in [1.807, 2.05) is 0 Å². The Bertz CT molecular complexity index is 486. The van der Waals surface area contributed by atoms with Crippen LogP contribution in [0.1, 0.15) is 5.56 Å². The predicted molar refractivity (Wildman–Crippen MR) is 70.2 cm³/mol. The van der Waals surface area contributed by atoms with E-state index >= 15 is 0 Å². The second kappa shape index (κ2) is 7.99. The van der Waals surface area contributed by atoms with Crippen molar-refractivity contribution in [2.75, 3.05) is 14.1 Å². The average molecular weight is 296 g/mol. The molecule has 0 heterocycles. The van der Waals surface area contributed by atoms with E-state index in [2.05, 4.69) is 74.8 Å². The molecule has 0 aliphatic heterocycles. The lowest BCUT2D eigenvalue weighted by Gasteiger charge is -2.29. The SMILES string of the molecule is C[N+](C)(Cc1ccccc1)c1ccccc1.[O-][Cl+2]([O-])[O-]. The average Bonchev–Trinajstić information content (AvgIpc) is 2.40. The Kier molecular flexibility index (Phi) is 6.64. The largest absolute Gasteiger partial charge is 0.357 e. The summed E-state index contributed by atoms with van der Waals surface area (Å²) < 4.78 is 26.1. The summed E-state index contributed by atoms with van der Waals surface area (Å²) in [6.07, 6.45) is 0. The number of rotatable bonds is 3. The molecule has 20 heavy (non-hydrogen) atoms. The Morgan fingerprint density at radius 3 is 1.65 bits per heavy atom. The minimum absolute atomic E-state index is 0.880. The Labute approximate surface area is 122 Å². The highest BCUT2D eigenvalue weighted by Gasteiger charge is 2.18. The first-order valence-electron chi connectivity index (χ1n) is 6.07. The van der Waals surface area contributed by atoms with Gasteiger partial charge in [-0.1, -0.05) is 48.5 Å². The third kappa shape index (κ3) is 6.14. The van der Waals surface area contributed by atoms with Gasteiger partial charge >= 0.3 is 0 Å². The molecule has 0 aliphatic carbocycles. The zero-order chi connectivity index (χ0) is 15.0. The third-order valence-electron chi connectivity index (χ3n) is 2.88. The van der Waals surface area contributed by atoms with Crippen molar-refractivity contribution in [2.24, 2.45) is 0 Å². The molecule has 0 aliphatic rings. The van der Waals surface area contributed by atoms with E-state index in [0.717, 1.165) is 11.0 Å². The van der Waals surface area contributed by atoms with Crippen molar-refractivity contribution in [1.29, 1.82) is 0 Å². The van der Waals surface area contributed by atoms with Crippen LogP contribution in [0.4, 0.5) is 5.69 Å². The highest BCUT2D eigenvalue weighted by molar-refractivity contribution is 5.41. The molecule has 0 bridgehead atoms. The molecule has 2 aromatic carbocycles. The lowest BCUT2D eigenvalue weighted by atomic mass is 10.2. The molecule has 0 atom stereocenters. The number of para-hydroxylation sites is 1. The molecule has 0 N–H and O–H groups in total. The number of benzene rings is 2. The molecule has 0 aromatic heterocycles. The second-order valence-corrected chi connectivity index (χ2v) is 5.23. The zero-order valence-corrected chi connectivity index (χ0v) is 12.3. The fourth-order valence-corrected chi connectivity index (χ4v) is 1.96. The number of quaternary nitrogens is 1. The number of hydrogen-bond donors (Lipinski definition) is 0. The maximum atomic E-state index is 8.41. The van der Waals surface area contributed by atoms with E-state index in [9.17, 15) is 0 Å². The van der Waals surface area contributed by atoms with E-state index in [1.165, 1.54) is 11.3 Å². The quantitative estimate of drug-likeness (QED) is 0.742. The van der Waals surface area contributed by atoms with Crippen LogP contribution in [0.25, 0.3) is 0 Å². The molecular formula is C15H18ClNO3. The van der Waals surface area contributed by atoms with Crippen molar-refractivity contribution >= 4 is 5.69 Å². The van der Waals surface area contributed by atoms with Crippen LogP contribution in [0.15, 0.2) is 60.7 Å². The lowest BCUT2D eigenvalue weighted by molar-refractivity contribution is -1.73. The highest BCUT2D eigenvalue weighted by atomic mass is 35.6. The Hall–Kier alpha value is -1.43. The molecule has 4 nitrogen and oxygen atoms in total. The first-order valence-corrected chi connectivity index (χ1v) is 7.00. The highest BCUT2D eigenvalue weighted by Crippen LogP contribution is 2.21. The van der Waals surface area contributed by atoms with Crippen LogP contribution in [-0.2, 0) is 6.54 Å². The summed E-state index contributed by atoms with van der Waals surface area (Å²) in [5.41, 5.74) is 2.71. The summed E-state index contributed by atoms with van der Waals surface area (Å²) in [4.78, 5) is 0. The molecular weight excluding hydrogens is 278 g/mol.